The zero-order valence-electron chi connectivity index (χ0n) is 11.4. The number of rotatable bonds is 8. The maximum Gasteiger partial charge on any atom is 0.321 e. The quantitative estimate of drug-likeness (QED) is 0.617. The summed E-state index contributed by atoms with van der Waals surface area (Å²) in [7, 11) is -3.83. The van der Waals surface area contributed by atoms with Crippen molar-refractivity contribution in [2.24, 2.45) is 5.73 Å². The molecule has 0 bridgehead atoms. The fourth-order valence-electron chi connectivity index (χ4n) is 1.83. The van der Waals surface area contributed by atoms with Crippen LogP contribution in [-0.2, 0) is 14.8 Å². The maximum absolute atomic E-state index is 12.2. The first-order valence-corrected chi connectivity index (χ1v) is 7.87. The van der Waals surface area contributed by atoms with Crippen LogP contribution >= 0.6 is 0 Å². The molecule has 0 saturated carbocycles. The third kappa shape index (κ3) is 4.59. The number of carbonyl (C=O) groups is 1. The number of aliphatic carboxylic acids is 1. The van der Waals surface area contributed by atoms with E-state index >= 15 is 0 Å². The highest BCUT2D eigenvalue weighted by atomic mass is 32.2. The second-order valence-corrected chi connectivity index (χ2v) is 6.24. The van der Waals surface area contributed by atoms with E-state index in [1.807, 2.05) is 0 Å². The van der Waals surface area contributed by atoms with Gasteiger partial charge in [-0.25, -0.2) is 8.42 Å². The number of benzene rings is 1. The summed E-state index contributed by atoms with van der Waals surface area (Å²) < 4.78 is 26.6. The molecule has 0 radical (unpaired) electrons. The Labute approximate surface area is 119 Å². The third-order valence-electron chi connectivity index (χ3n) is 2.93. The van der Waals surface area contributed by atoms with Crippen molar-refractivity contribution in [1.82, 2.24) is 4.72 Å². The zero-order valence-corrected chi connectivity index (χ0v) is 12.2. The van der Waals surface area contributed by atoms with Gasteiger partial charge in [0.1, 0.15) is 6.04 Å². The predicted molar refractivity (Wildman–Crippen MR) is 75.8 cm³/mol. The Kier molecular flexibility index (Phi) is 6.12. The molecular formula is C13H20N2O4S. The molecule has 1 aromatic carbocycles. The molecule has 1 aromatic rings. The van der Waals surface area contributed by atoms with Crippen LogP contribution in [0.1, 0.15) is 24.8 Å². The largest absolute Gasteiger partial charge is 0.480 e. The smallest absolute Gasteiger partial charge is 0.321 e. The Morgan fingerprint density at radius 3 is 2.55 bits per heavy atom. The summed E-state index contributed by atoms with van der Waals surface area (Å²) in [6.45, 7) is 2.12. The lowest BCUT2D eigenvalue weighted by Crippen LogP contribution is -2.40. The summed E-state index contributed by atoms with van der Waals surface area (Å²) in [6.07, 6.45) is 1.44. The monoisotopic (exact) mass is 300 g/mol. The Morgan fingerprint density at radius 2 is 2.00 bits per heavy atom. The van der Waals surface area contributed by atoms with Crippen molar-refractivity contribution < 1.29 is 18.3 Å². The molecule has 0 aromatic heterocycles. The van der Waals surface area contributed by atoms with Crippen LogP contribution in [0.4, 0.5) is 0 Å². The van der Waals surface area contributed by atoms with Gasteiger partial charge >= 0.3 is 5.97 Å². The van der Waals surface area contributed by atoms with Gasteiger partial charge in [0.25, 0.3) is 0 Å². The molecular weight excluding hydrogens is 280 g/mol. The van der Waals surface area contributed by atoms with Crippen LogP contribution in [0, 0.1) is 6.92 Å². The van der Waals surface area contributed by atoms with E-state index in [2.05, 4.69) is 4.72 Å². The Hall–Kier alpha value is -1.44. The predicted octanol–water partition coefficient (Wildman–Crippen LogP) is 0.856. The van der Waals surface area contributed by atoms with Crippen LogP contribution in [0.2, 0.25) is 0 Å². The number of nitrogens with two attached hydrogens (primary N) is 1. The van der Waals surface area contributed by atoms with E-state index in [0.717, 1.165) is 0 Å². The maximum atomic E-state index is 12.2. The first-order valence-electron chi connectivity index (χ1n) is 6.39. The fourth-order valence-corrected chi connectivity index (χ4v) is 3.30. The number of sulfonamides is 1. The lowest BCUT2D eigenvalue weighted by molar-refractivity contribution is -0.139. The highest BCUT2D eigenvalue weighted by Crippen LogP contribution is 2.15. The minimum atomic E-state index is -3.83. The molecule has 0 aliphatic carbocycles. The number of unbranched alkanes of at least 4 members (excludes halogenated alkanes) is 1. The van der Waals surface area contributed by atoms with E-state index in [1.165, 1.54) is 6.07 Å². The fraction of sp³-hybridized carbons (Fsp3) is 0.462. The summed E-state index contributed by atoms with van der Waals surface area (Å²) in [5.74, 6) is -1.18. The van der Waals surface area contributed by atoms with E-state index in [0.29, 0.717) is 24.9 Å². The van der Waals surface area contributed by atoms with Crippen LogP contribution < -0.4 is 10.5 Å². The summed E-state index contributed by atoms with van der Waals surface area (Å²) >= 11 is 0. The van der Waals surface area contributed by atoms with Crippen molar-refractivity contribution in [2.75, 3.05) is 6.54 Å². The van der Waals surface area contributed by atoms with Crippen LogP contribution in [0.5, 0.6) is 0 Å². The van der Waals surface area contributed by atoms with E-state index in [-0.39, 0.29) is 11.3 Å². The molecule has 1 atom stereocenters. The van der Waals surface area contributed by atoms with Crippen LogP contribution in [-0.4, -0.2) is 32.1 Å². The minimum absolute atomic E-state index is 0.102. The lowest BCUT2D eigenvalue weighted by atomic mass is 10.1. The van der Waals surface area contributed by atoms with Gasteiger partial charge in [-0.05, 0) is 37.9 Å². The molecule has 0 saturated heterocycles. The van der Waals surface area contributed by atoms with E-state index in [4.69, 9.17) is 10.8 Å². The Balaban J connectivity index is 2.87. The number of carboxylic acid groups (broad SMARTS) is 1. The molecule has 1 unspecified atom stereocenters. The van der Waals surface area contributed by atoms with E-state index in [9.17, 15) is 13.2 Å². The van der Waals surface area contributed by atoms with Crippen molar-refractivity contribution in [3.63, 3.8) is 0 Å². The van der Waals surface area contributed by atoms with Crippen molar-refractivity contribution in [3.8, 4) is 0 Å². The molecule has 20 heavy (non-hydrogen) atoms. The standard InChI is InChI=1S/C13H20N2O4S/c1-10-6-2-3-8-12(10)20(18,19)15-11(13(16)17)7-4-5-9-14/h2-3,6,8,11,15H,4-5,7,9,14H2,1H3,(H,16,17). The normalized spacial score (nSPS) is 13.1. The molecule has 112 valence electrons. The second kappa shape index (κ2) is 7.37. The summed E-state index contributed by atoms with van der Waals surface area (Å²) in [4.78, 5) is 11.2. The highest BCUT2D eigenvalue weighted by molar-refractivity contribution is 7.89. The molecule has 4 N–H and O–H groups in total. The Bertz CT molecular complexity index is 557. The van der Waals surface area contributed by atoms with Gasteiger partial charge in [0.15, 0.2) is 0 Å². The molecule has 0 heterocycles. The van der Waals surface area contributed by atoms with Gasteiger partial charge in [-0.1, -0.05) is 24.6 Å². The summed E-state index contributed by atoms with van der Waals surface area (Å²) in [5, 5.41) is 9.09. The first kappa shape index (κ1) is 16.6. The van der Waals surface area contributed by atoms with Crippen LogP contribution in [0.15, 0.2) is 29.2 Å². The molecule has 0 amide bonds. The summed E-state index contributed by atoms with van der Waals surface area (Å²) in [5.41, 5.74) is 5.92. The van der Waals surface area contributed by atoms with Crippen LogP contribution in [0.3, 0.4) is 0 Å². The van der Waals surface area contributed by atoms with Gasteiger partial charge in [0.2, 0.25) is 10.0 Å². The minimum Gasteiger partial charge on any atom is -0.480 e. The molecule has 1 rings (SSSR count). The van der Waals surface area contributed by atoms with Crippen LogP contribution in [0.25, 0.3) is 0 Å². The zero-order chi connectivity index (χ0) is 15.2. The van der Waals surface area contributed by atoms with Gasteiger partial charge in [0.05, 0.1) is 4.90 Å². The van der Waals surface area contributed by atoms with Gasteiger partial charge in [-0.2, -0.15) is 4.72 Å². The van der Waals surface area contributed by atoms with Gasteiger partial charge < -0.3 is 10.8 Å². The average Bonchev–Trinajstić information content (AvgIpc) is 2.37. The van der Waals surface area contributed by atoms with Crippen molar-refractivity contribution in [3.05, 3.63) is 29.8 Å². The number of hydrogen-bond donors (Lipinski definition) is 3. The van der Waals surface area contributed by atoms with Gasteiger partial charge in [-0.15, -0.1) is 0 Å². The topological polar surface area (TPSA) is 109 Å². The van der Waals surface area contributed by atoms with Crippen molar-refractivity contribution in [1.29, 1.82) is 0 Å². The molecule has 0 aliphatic heterocycles. The van der Waals surface area contributed by atoms with E-state index < -0.39 is 22.0 Å². The molecule has 7 heteroatoms. The molecule has 6 nitrogen and oxygen atoms in total. The Morgan fingerprint density at radius 1 is 1.35 bits per heavy atom. The second-order valence-electron chi connectivity index (χ2n) is 4.56. The third-order valence-corrected chi connectivity index (χ3v) is 4.56. The number of nitrogens with one attached hydrogen (secondary N) is 1. The number of hydrogen-bond acceptors (Lipinski definition) is 4. The van der Waals surface area contributed by atoms with Gasteiger partial charge in [-0.3, -0.25) is 4.79 Å². The SMILES string of the molecule is Cc1ccccc1S(=O)(=O)NC(CCCCN)C(=O)O. The van der Waals surface area contributed by atoms with Crippen molar-refractivity contribution >= 4 is 16.0 Å². The average molecular weight is 300 g/mol. The number of carboxylic acids is 1. The molecule has 0 spiro atoms. The first-order chi connectivity index (χ1) is 9.38. The van der Waals surface area contributed by atoms with Crippen molar-refractivity contribution in [2.45, 2.75) is 37.1 Å². The van der Waals surface area contributed by atoms with Gasteiger partial charge in [0, 0.05) is 0 Å². The summed E-state index contributed by atoms with van der Waals surface area (Å²) in [6, 6.07) is 5.32. The van der Waals surface area contributed by atoms with E-state index in [1.54, 1.807) is 25.1 Å². The molecule has 0 fully saturated rings. The lowest BCUT2D eigenvalue weighted by Gasteiger charge is -2.15. The highest BCUT2D eigenvalue weighted by Gasteiger charge is 2.25. The molecule has 0 aliphatic rings. The number of aryl methyl sites for hydroxylation is 1.